The predicted octanol–water partition coefficient (Wildman–Crippen LogP) is 2.38. The molecular weight excluding hydrogens is 272 g/mol. The Bertz CT molecular complexity index is 522. The molecule has 2 rings (SSSR count). The molecule has 0 fully saturated rings. The number of hydrogen-bond donors (Lipinski definition) is 2. The molecule has 0 bridgehead atoms. The lowest BCUT2D eigenvalue weighted by Gasteiger charge is -2.11. The molecule has 0 aromatic carbocycles. The highest BCUT2D eigenvalue weighted by molar-refractivity contribution is 7.16. The number of fused-ring (bicyclic) bond motifs is 1. The van der Waals surface area contributed by atoms with E-state index in [1.54, 1.807) is 11.4 Å². The molecular formula is C9H8ClF2N3OS. The second kappa shape index (κ2) is 5.07. The van der Waals surface area contributed by atoms with E-state index in [2.05, 4.69) is 15.3 Å². The number of nitrogens with one attached hydrogen (secondary N) is 1. The van der Waals surface area contributed by atoms with Gasteiger partial charge in [-0.3, -0.25) is 0 Å². The van der Waals surface area contributed by atoms with Gasteiger partial charge in [-0.2, -0.15) is 0 Å². The minimum Gasteiger partial charge on any atom is -0.385 e. The molecule has 0 amide bonds. The molecule has 2 N–H and O–H groups in total. The summed E-state index contributed by atoms with van der Waals surface area (Å²) in [5.41, 5.74) is 0. The number of thiophene rings is 1. The normalized spacial score (nSPS) is 13.2. The molecule has 0 radical (unpaired) electrons. The van der Waals surface area contributed by atoms with Gasteiger partial charge in [0.1, 0.15) is 16.8 Å². The summed E-state index contributed by atoms with van der Waals surface area (Å²) in [6, 6.07) is 1.76. The fraction of sp³-hybridized carbons (Fsp3) is 0.333. The molecule has 0 saturated carbocycles. The van der Waals surface area contributed by atoms with E-state index in [1.165, 1.54) is 11.3 Å². The SMILES string of the molecule is OC(CNc1nc(Cl)nc2sccc12)C(F)F. The smallest absolute Gasteiger partial charge is 0.265 e. The van der Waals surface area contributed by atoms with Gasteiger partial charge < -0.3 is 10.4 Å². The van der Waals surface area contributed by atoms with Crippen molar-refractivity contribution in [2.45, 2.75) is 12.5 Å². The van der Waals surface area contributed by atoms with Crippen LogP contribution < -0.4 is 5.32 Å². The zero-order valence-electron chi connectivity index (χ0n) is 8.40. The second-order valence-electron chi connectivity index (χ2n) is 3.26. The zero-order valence-corrected chi connectivity index (χ0v) is 9.97. The number of rotatable bonds is 4. The minimum absolute atomic E-state index is 0.0361. The number of aliphatic hydroxyl groups excluding tert-OH is 1. The van der Waals surface area contributed by atoms with Gasteiger partial charge in [-0.25, -0.2) is 18.7 Å². The van der Waals surface area contributed by atoms with Crippen molar-refractivity contribution in [2.75, 3.05) is 11.9 Å². The van der Waals surface area contributed by atoms with Crippen molar-refractivity contribution in [3.8, 4) is 0 Å². The molecule has 1 unspecified atom stereocenters. The van der Waals surface area contributed by atoms with Crippen LogP contribution in [0.25, 0.3) is 10.2 Å². The topological polar surface area (TPSA) is 58.0 Å². The van der Waals surface area contributed by atoms with Crippen LogP contribution in [-0.2, 0) is 0 Å². The van der Waals surface area contributed by atoms with E-state index in [4.69, 9.17) is 16.7 Å². The van der Waals surface area contributed by atoms with E-state index in [-0.39, 0.29) is 11.8 Å². The van der Waals surface area contributed by atoms with Crippen LogP contribution in [0.15, 0.2) is 11.4 Å². The molecule has 17 heavy (non-hydrogen) atoms. The van der Waals surface area contributed by atoms with E-state index >= 15 is 0 Å². The quantitative estimate of drug-likeness (QED) is 0.844. The Balaban J connectivity index is 2.20. The van der Waals surface area contributed by atoms with Crippen molar-refractivity contribution < 1.29 is 13.9 Å². The molecule has 0 saturated heterocycles. The molecule has 2 heterocycles. The van der Waals surface area contributed by atoms with E-state index in [0.717, 1.165) is 0 Å². The summed E-state index contributed by atoms with van der Waals surface area (Å²) in [5, 5.41) is 14.2. The summed E-state index contributed by atoms with van der Waals surface area (Å²) >= 11 is 7.06. The fourth-order valence-electron chi connectivity index (χ4n) is 1.25. The molecule has 0 aliphatic heterocycles. The highest BCUT2D eigenvalue weighted by Gasteiger charge is 2.17. The maximum Gasteiger partial charge on any atom is 0.265 e. The lowest BCUT2D eigenvalue weighted by Crippen LogP contribution is -2.27. The van der Waals surface area contributed by atoms with Crippen LogP contribution in [0.5, 0.6) is 0 Å². The number of aliphatic hydroxyl groups is 1. The fourth-order valence-corrected chi connectivity index (χ4v) is 2.24. The highest BCUT2D eigenvalue weighted by Crippen LogP contribution is 2.26. The van der Waals surface area contributed by atoms with Crippen molar-refractivity contribution in [1.29, 1.82) is 0 Å². The Morgan fingerprint density at radius 2 is 2.24 bits per heavy atom. The summed E-state index contributed by atoms with van der Waals surface area (Å²) in [5.74, 6) is 0.348. The van der Waals surface area contributed by atoms with Crippen LogP contribution in [0, 0.1) is 0 Å². The third kappa shape index (κ3) is 2.80. The van der Waals surface area contributed by atoms with E-state index in [0.29, 0.717) is 16.0 Å². The van der Waals surface area contributed by atoms with Gasteiger partial charge in [0.05, 0.1) is 5.39 Å². The summed E-state index contributed by atoms with van der Waals surface area (Å²) < 4.78 is 24.2. The Morgan fingerprint density at radius 3 is 2.94 bits per heavy atom. The summed E-state index contributed by atoms with van der Waals surface area (Å²) in [6.07, 6.45) is -4.53. The Hall–Kier alpha value is -1.05. The maximum atomic E-state index is 12.1. The number of aromatic nitrogens is 2. The van der Waals surface area contributed by atoms with E-state index in [1.807, 2.05) is 0 Å². The van der Waals surface area contributed by atoms with Crippen molar-refractivity contribution >= 4 is 39.0 Å². The van der Waals surface area contributed by atoms with Gasteiger partial charge in [0.2, 0.25) is 5.28 Å². The van der Waals surface area contributed by atoms with Gasteiger partial charge >= 0.3 is 0 Å². The monoisotopic (exact) mass is 279 g/mol. The van der Waals surface area contributed by atoms with Crippen LogP contribution >= 0.6 is 22.9 Å². The third-order valence-electron chi connectivity index (χ3n) is 2.07. The number of alkyl halides is 2. The molecule has 1 atom stereocenters. The first-order valence-corrected chi connectivity index (χ1v) is 5.94. The Labute approximate surface area is 104 Å². The molecule has 2 aromatic rings. The van der Waals surface area contributed by atoms with Crippen molar-refractivity contribution in [2.24, 2.45) is 0 Å². The zero-order chi connectivity index (χ0) is 12.4. The molecule has 2 aromatic heterocycles. The Morgan fingerprint density at radius 1 is 1.47 bits per heavy atom. The standard InChI is InChI=1S/C9H8ClF2N3OS/c10-9-14-7(13-3-5(16)6(11)12)4-1-2-17-8(4)15-9/h1-2,5-6,16H,3H2,(H,13,14,15). The van der Waals surface area contributed by atoms with Crippen LogP contribution in [-0.4, -0.2) is 34.1 Å². The van der Waals surface area contributed by atoms with Gasteiger partial charge in [0, 0.05) is 6.54 Å². The van der Waals surface area contributed by atoms with Gasteiger partial charge in [0.15, 0.2) is 0 Å². The average molecular weight is 280 g/mol. The van der Waals surface area contributed by atoms with Crippen LogP contribution in [0.2, 0.25) is 5.28 Å². The Kier molecular flexibility index (Phi) is 3.70. The molecule has 8 heteroatoms. The molecule has 0 aliphatic rings. The number of nitrogens with zero attached hydrogens (tertiary/aromatic N) is 2. The summed E-state index contributed by atoms with van der Waals surface area (Å²) in [4.78, 5) is 8.55. The second-order valence-corrected chi connectivity index (χ2v) is 4.50. The number of anilines is 1. The molecule has 92 valence electrons. The van der Waals surface area contributed by atoms with Crippen molar-refractivity contribution in [3.63, 3.8) is 0 Å². The molecule has 4 nitrogen and oxygen atoms in total. The summed E-state index contributed by atoms with van der Waals surface area (Å²) in [6.45, 7) is -0.296. The van der Waals surface area contributed by atoms with E-state index < -0.39 is 12.5 Å². The van der Waals surface area contributed by atoms with Crippen LogP contribution in [0.1, 0.15) is 0 Å². The largest absolute Gasteiger partial charge is 0.385 e. The summed E-state index contributed by atoms with van der Waals surface area (Å²) in [7, 11) is 0. The minimum atomic E-state index is -2.79. The number of hydrogen-bond acceptors (Lipinski definition) is 5. The van der Waals surface area contributed by atoms with Crippen LogP contribution in [0.3, 0.4) is 0 Å². The van der Waals surface area contributed by atoms with Crippen LogP contribution in [0.4, 0.5) is 14.6 Å². The first kappa shape index (κ1) is 12.4. The van der Waals surface area contributed by atoms with Crippen molar-refractivity contribution in [1.82, 2.24) is 9.97 Å². The molecule has 0 spiro atoms. The first-order valence-electron chi connectivity index (χ1n) is 4.69. The van der Waals surface area contributed by atoms with Gasteiger partial charge in [0.25, 0.3) is 6.43 Å². The first-order chi connectivity index (χ1) is 8.08. The van der Waals surface area contributed by atoms with Gasteiger partial charge in [-0.1, -0.05) is 0 Å². The highest BCUT2D eigenvalue weighted by atomic mass is 35.5. The lowest BCUT2D eigenvalue weighted by molar-refractivity contribution is 0.00382. The third-order valence-corrected chi connectivity index (χ3v) is 3.04. The average Bonchev–Trinajstić information content (AvgIpc) is 2.72. The predicted molar refractivity (Wildman–Crippen MR) is 62.9 cm³/mol. The van der Waals surface area contributed by atoms with Gasteiger partial charge in [-0.15, -0.1) is 11.3 Å². The maximum absolute atomic E-state index is 12.1. The van der Waals surface area contributed by atoms with E-state index in [9.17, 15) is 8.78 Å². The molecule has 0 aliphatic carbocycles. The van der Waals surface area contributed by atoms with Crippen molar-refractivity contribution in [3.05, 3.63) is 16.7 Å². The number of halogens is 3. The lowest BCUT2D eigenvalue weighted by atomic mass is 10.3. The van der Waals surface area contributed by atoms with Gasteiger partial charge in [-0.05, 0) is 23.0 Å².